The standard InChI is InChI=1S/C13H14O2/c1-7-5-8(2)13-11(10(7)4)12(14)9(3)6-15-13/h5-6H,1-4H3. The van der Waals surface area contributed by atoms with E-state index < -0.39 is 0 Å². The van der Waals surface area contributed by atoms with Crippen LogP contribution in [0.5, 0.6) is 0 Å². The lowest BCUT2D eigenvalue weighted by atomic mass is 10.00. The molecule has 0 aliphatic heterocycles. The summed E-state index contributed by atoms with van der Waals surface area (Å²) in [5.74, 6) is 0. The lowest BCUT2D eigenvalue weighted by Gasteiger charge is -2.07. The zero-order valence-corrected chi connectivity index (χ0v) is 9.47. The molecule has 0 N–H and O–H groups in total. The van der Waals surface area contributed by atoms with Crippen molar-refractivity contribution in [2.24, 2.45) is 0 Å². The topological polar surface area (TPSA) is 30.2 Å². The zero-order chi connectivity index (χ0) is 11.2. The van der Waals surface area contributed by atoms with Crippen LogP contribution in [0.4, 0.5) is 0 Å². The molecular weight excluding hydrogens is 188 g/mol. The first-order valence-electron chi connectivity index (χ1n) is 5.01. The van der Waals surface area contributed by atoms with Crippen LogP contribution in [0.1, 0.15) is 22.3 Å². The van der Waals surface area contributed by atoms with Crippen molar-refractivity contribution in [1.82, 2.24) is 0 Å². The van der Waals surface area contributed by atoms with Crippen molar-refractivity contribution >= 4 is 11.0 Å². The molecule has 1 aromatic carbocycles. The molecule has 0 radical (unpaired) electrons. The van der Waals surface area contributed by atoms with E-state index in [1.807, 2.05) is 20.8 Å². The smallest absolute Gasteiger partial charge is 0.195 e. The number of benzene rings is 1. The molecule has 0 bridgehead atoms. The first kappa shape index (κ1) is 9.97. The van der Waals surface area contributed by atoms with Gasteiger partial charge in [0, 0.05) is 5.56 Å². The van der Waals surface area contributed by atoms with Gasteiger partial charge in [-0.15, -0.1) is 0 Å². The predicted molar refractivity (Wildman–Crippen MR) is 61.4 cm³/mol. The van der Waals surface area contributed by atoms with E-state index in [4.69, 9.17) is 4.42 Å². The van der Waals surface area contributed by atoms with Crippen LogP contribution in [-0.2, 0) is 0 Å². The zero-order valence-electron chi connectivity index (χ0n) is 9.47. The first-order chi connectivity index (χ1) is 7.02. The minimum atomic E-state index is 0.0838. The van der Waals surface area contributed by atoms with Gasteiger partial charge in [0.15, 0.2) is 5.43 Å². The Hall–Kier alpha value is -1.57. The summed E-state index contributed by atoms with van der Waals surface area (Å²) in [5, 5.41) is 0.729. The van der Waals surface area contributed by atoms with Gasteiger partial charge in [-0.2, -0.15) is 0 Å². The largest absolute Gasteiger partial charge is 0.464 e. The highest BCUT2D eigenvalue weighted by Gasteiger charge is 2.10. The Bertz CT molecular complexity index is 591. The van der Waals surface area contributed by atoms with Crippen molar-refractivity contribution in [3.63, 3.8) is 0 Å². The molecule has 2 heteroatoms. The SMILES string of the molecule is Cc1cc(C)c2occ(C)c(=O)c2c1C. The van der Waals surface area contributed by atoms with Gasteiger partial charge in [-0.3, -0.25) is 4.79 Å². The van der Waals surface area contributed by atoms with E-state index in [1.54, 1.807) is 6.92 Å². The van der Waals surface area contributed by atoms with Crippen LogP contribution in [0.3, 0.4) is 0 Å². The predicted octanol–water partition coefficient (Wildman–Crippen LogP) is 3.03. The van der Waals surface area contributed by atoms with Crippen molar-refractivity contribution in [3.8, 4) is 0 Å². The van der Waals surface area contributed by atoms with Gasteiger partial charge >= 0.3 is 0 Å². The molecule has 1 aromatic heterocycles. The van der Waals surface area contributed by atoms with E-state index >= 15 is 0 Å². The van der Waals surface area contributed by atoms with Gasteiger partial charge in [0.2, 0.25) is 0 Å². The normalized spacial score (nSPS) is 10.9. The number of hydrogen-bond donors (Lipinski definition) is 0. The summed E-state index contributed by atoms with van der Waals surface area (Å²) in [6.45, 7) is 7.73. The molecule has 2 rings (SSSR count). The number of aryl methyl sites for hydroxylation is 4. The highest BCUT2D eigenvalue weighted by Crippen LogP contribution is 2.22. The van der Waals surface area contributed by atoms with E-state index in [-0.39, 0.29) is 5.43 Å². The molecule has 0 amide bonds. The van der Waals surface area contributed by atoms with Crippen LogP contribution in [-0.4, -0.2) is 0 Å². The molecule has 1 heterocycles. The Labute approximate surface area is 88.5 Å². The Kier molecular flexibility index (Phi) is 2.14. The van der Waals surface area contributed by atoms with E-state index in [1.165, 1.54) is 6.26 Å². The average Bonchev–Trinajstić information content (AvgIpc) is 2.19. The molecular formula is C13H14O2. The maximum Gasteiger partial charge on any atom is 0.195 e. The lowest BCUT2D eigenvalue weighted by molar-refractivity contribution is 0.594. The Morgan fingerprint density at radius 3 is 2.33 bits per heavy atom. The molecule has 2 aromatic rings. The van der Waals surface area contributed by atoms with Gasteiger partial charge in [0.1, 0.15) is 5.58 Å². The minimum Gasteiger partial charge on any atom is -0.464 e. The van der Waals surface area contributed by atoms with E-state index in [9.17, 15) is 4.79 Å². The third-order valence-corrected chi connectivity index (χ3v) is 2.92. The quantitative estimate of drug-likeness (QED) is 0.657. The van der Waals surface area contributed by atoms with Crippen molar-refractivity contribution in [3.05, 3.63) is 44.8 Å². The van der Waals surface area contributed by atoms with Crippen LogP contribution in [0.15, 0.2) is 21.5 Å². The molecule has 0 unspecified atom stereocenters. The first-order valence-corrected chi connectivity index (χ1v) is 5.01. The van der Waals surface area contributed by atoms with Crippen LogP contribution < -0.4 is 5.43 Å². The van der Waals surface area contributed by atoms with Crippen LogP contribution in [0.2, 0.25) is 0 Å². The van der Waals surface area contributed by atoms with Gasteiger partial charge in [0.05, 0.1) is 11.6 Å². The van der Waals surface area contributed by atoms with Gasteiger partial charge in [-0.05, 0) is 44.4 Å². The van der Waals surface area contributed by atoms with Gasteiger partial charge in [-0.25, -0.2) is 0 Å². The third kappa shape index (κ3) is 1.37. The van der Waals surface area contributed by atoms with Crippen LogP contribution in [0, 0.1) is 27.7 Å². The third-order valence-electron chi connectivity index (χ3n) is 2.92. The number of hydrogen-bond acceptors (Lipinski definition) is 2. The molecule has 0 saturated heterocycles. The van der Waals surface area contributed by atoms with Crippen LogP contribution >= 0.6 is 0 Å². The number of fused-ring (bicyclic) bond motifs is 1. The summed E-state index contributed by atoms with van der Waals surface area (Å²) < 4.78 is 5.49. The average molecular weight is 202 g/mol. The Balaban J connectivity index is 3.12. The lowest BCUT2D eigenvalue weighted by Crippen LogP contribution is -2.07. The monoisotopic (exact) mass is 202 g/mol. The van der Waals surface area contributed by atoms with Crippen molar-refractivity contribution in [2.45, 2.75) is 27.7 Å². The van der Waals surface area contributed by atoms with E-state index in [2.05, 4.69) is 6.07 Å². The molecule has 0 aliphatic carbocycles. The molecule has 0 atom stereocenters. The van der Waals surface area contributed by atoms with Crippen molar-refractivity contribution < 1.29 is 4.42 Å². The summed E-state index contributed by atoms with van der Waals surface area (Å²) in [5.41, 5.74) is 4.64. The summed E-state index contributed by atoms with van der Waals surface area (Å²) in [4.78, 5) is 12.0. The second-order valence-electron chi connectivity index (χ2n) is 4.09. The van der Waals surface area contributed by atoms with E-state index in [0.29, 0.717) is 11.1 Å². The second kappa shape index (κ2) is 3.23. The molecule has 0 spiro atoms. The van der Waals surface area contributed by atoms with Crippen molar-refractivity contribution in [1.29, 1.82) is 0 Å². The number of rotatable bonds is 0. The van der Waals surface area contributed by atoms with Gasteiger partial charge in [-0.1, -0.05) is 6.07 Å². The summed E-state index contributed by atoms with van der Waals surface area (Å²) in [6, 6.07) is 2.05. The summed E-state index contributed by atoms with van der Waals surface area (Å²) >= 11 is 0. The Morgan fingerprint density at radius 1 is 1.00 bits per heavy atom. The summed E-state index contributed by atoms with van der Waals surface area (Å²) in [7, 11) is 0. The maximum absolute atomic E-state index is 12.0. The molecule has 15 heavy (non-hydrogen) atoms. The minimum absolute atomic E-state index is 0.0838. The Morgan fingerprint density at radius 2 is 1.67 bits per heavy atom. The summed E-state index contributed by atoms with van der Waals surface area (Å²) in [6.07, 6.45) is 1.53. The maximum atomic E-state index is 12.0. The van der Waals surface area contributed by atoms with Gasteiger partial charge in [0.25, 0.3) is 0 Å². The van der Waals surface area contributed by atoms with E-state index in [0.717, 1.165) is 22.1 Å². The fraction of sp³-hybridized carbons (Fsp3) is 0.308. The highest BCUT2D eigenvalue weighted by atomic mass is 16.3. The molecule has 0 fully saturated rings. The van der Waals surface area contributed by atoms with Crippen molar-refractivity contribution in [2.75, 3.05) is 0 Å². The molecule has 0 aliphatic rings. The highest BCUT2D eigenvalue weighted by molar-refractivity contribution is 5.84. The van der Waals surface area contributed by atoms with Gasteiger partial charge < -0.3 is 4.42 Å². The molecule has 0 saturated carbocycles. The molecule has 78 valence electrons. The van der Waals surface area contributed by atoms with Crippen LogP contribution in [0.25, 0.3) is 11.0 Å². The second-order valence-corrected chi connectivity index (χ2v) is 4.09. The fourth-order valence-corrected chi connectivity index (χ4v) is 1.89. The fourth-order valence-electron chi connectivity index (χ4n) is 1.89. The molecule has 2 nitrogen and oxygen atoms in total.